The van der Waals surface area contributed by atoms with Crippen molar-refractivity contribution in [1.82, 2.24) is 0 Å². The van der Waals surface area contributed by atoms with Crippen LogP contribution in [0.15, 0.2) is 35.3 Å². The number of carbonyl (C=O) groups is 2. The second-order valence-corrected chi connectivity index (χ2v) is 7.79. The summed E-state index contributed by atoms with van der Waals surface area (Å²) in [6.07, 6.45) is 2.36. The Morgan fingerprint density at radius 2 is 1.44 bits per heavy atom. The topological polar surface area (TPSA) is 52.6 Å². The zero-order chi connectivity index (χ0) is 18.4. The molecule has 1 fully saturated rings. The minimum absolute atomic E-state index is 0.0756. The Hall–Kier alpha value is -1.72. The van der Waals surface area contributed by atoms with E-state index in [4.69, 9.17) is 9.31 Å². The molecule has 2 aliphatic rings. The van der Waals surface area contributed by atoms with Gasteiger partial charge in [0, 0.05) is 22.2 Å². The highest BCUT2D eigenvalue weighted by molar-refractivity contribution is 6.65. The van der Waals surface area contributed by atoms with Crippen molar-refractivity contribution in [3.05, 3.63) is 46.4 Å². The van der Waals surface area contributed by atoms with Crippen LogP contribution < -0.4 is 0 Å². The summed E-state index contributed by atoms with van der Waals surface area (Å²) in [7, 11) is -0.804. The third kappa shape index (κ3) is 2.89. The van der Waals surface area contributed by atoms with Crippen LogP contribution >= 0.6 is 0 Å². The Morgan fingerprint density at radius 3 is 1.96 bits per heavy atom. The Bertz CT molecular complexity index is 745. The number of hydrogen-bond acceptors (Lipinski definition) is 4. The van der Waals surface area contributed by atoms with Crippen LogP contribution in [-0.4, -0.2) is 29.9 Å². The predicted octanol–water partition coefficient (Wildman–Crippen LogP) is 4.18. The second kappa shape index (κ2) is 6.22. The number of allylic oxidation sites excluding steroid dienone is 2. The Kier molecular flexibility index (Phi) is 4.50. The molecule has 0 amide bonds. The number of Topliss-reactive ketones (excluding diaryl/α,β-unsaturated/α-hetero) is 2. The maximum absolute atomic E-state index is 13.2. The van der Waals surface area contributed by atoms with Gasteiger partial charge in [0.05, 0.1) is 11.2 Å². The highest BCUT2D eigenvalue weighted by Gasteiger charge is 2.55. The summed E-state index contributed by atoms with van der Waals surface area (Å²) < 4.78 is 12.2. The molecule has 0 N–H and O–H groups in total. The van der Waals surface area contributed by atoms with Gasteiger partial charge in [-0.25, -0.2) is 0 Å². The lowest BCUT2D eigenvalue weighted by atomic mass is 9.66. The molecule has 0 spiro atoms. The van der Waals surface area contributed by atoms with Crippen LogP contribution in [0.4, 0.5) is 0 Å². The van der Waals surface area contributed by atoms with Gasteiger partial charge in [0.25, 0.3) is 0 Å². The third-order valence-electron chi connectivity index (χ3n) is 5.53. The molecule has 3 rings (SSSR count). The van der Waals surface area contributed by atoms with E-state index in [1.807, 2.05) is 27.7 Å². The summed E-state index contributed by atoms with van der Waals surface area (Å²) in [5.41, 5.74) is 0.748. The largest absolute Gasteiger partial charge is 0.499 e. The molecule has 1 saturated heterocycles. The molecule has 132 valence electrons. The SMILES string of the molecule is CCCCC1=C(B2OC(C)(C)C(C)(C)O2)C(=O)c2ccccc2C1=O. The molecule has 1 aliphatic heterocycles. The highest BCUT2D eigenvalue weighted by atomic mass is 16.7. The van der Waals surface area contributed by atoms with Gasteiger partial charge in [0.15, 0.2) is 11.6 Å². The monoisotopic (exact) mass is 340 g/mol. The van der Waals surface area contributed by atoms with Gasteiger partial charge >= 0.3 is 7.12 Å². The van der Waals surface area contributed by atoms with E-state index in [1.54, 1.807) is 24.3 Å². The van der Waals surface area contributed by atoms with Gasteiger partial charge < -0.3 is 9.31 Å². The number of hydrogen-bond donors (Lipinski definition) is 0. The van der Waals surface area contributed by atoms with Crippen LogP contribution in [0.25, 0.3) is 0 Å². The van der Waals surface area contributed by atoms with E-state index in [1.165, 1.54) is 0 Å². The number of rotatable bonds is 4. The molecular formula is C20H25BO4. The molecule has 0 radical (unpaired) electrons. The van der Waals surface area contributed by atoms with Crippen LogP contribution in [0.2, 0.25) is 0 Å². The fourth-order valence-electron chi connectivity index (χ4n) is 3.26. The summed E-state index contributed by atoms with van der Waals surface area (Å²) in [6, 6.07) is 7.00. The van der Waals surface area contributed by atoms with Crippen molar-refractivity contribution in [3.63, 3.8) is 0 Å². The lowest BCUT2D eigenvalue weighted by molar-refractivity contribution is 0.00578. The summed E-state index contributed by atoms with van der Waals surface area (Å²) >= 11 is 0. The van der Waals surface area contributed by atoms with Crippen LogP contribution in [-0.2, 0) is 9.31 Å². The minimum Gasteiger partial charge on any atom is -0.399 e. The number of unbranched alkanes of at least 4 members (excludes halogenated alkanes) is 1. The fraction of sp³-hybridized carbons (Fsp3) is 0.500. The smallest absolute Gasteiger partial charge is 0.399 e. The molecule has 5 heteroatoms. The quantitative estimate of drug-likeness (QED) is 0.772. The van der Waals surface area contributed by atoms with Gasteiger partial charge in [0.2, 0.25) is 0 Å². The first-order valence-corrected chi connectivity index (χ1v) is 8.96. The molecule has 0 unspecified atom stereocenters. The Morgan fingerprint density at radius 1 is 0.920 bits per heavy atom. The standard InChI is InChI=1S/C20H25BO4/c1-6-7-10-15-16(21-24-19(2,3)20(4,5)25-21)18(23)14-12-9-8-11-13(14)17(15)22/h8-9,11-12H,6-7,10H2,1-5H3. The number of fused-ring (bicyclic) bond motifs is 1. The van der Waals surface area contributed by atoms with E-state index < -0.39 is 18.3 Å². The van der Waals surface area contributed by atoms with Crippen molar-refractivity contribution < 1.29 is 18.9 Å². The van der Waals surface area contributed by atoms with Gasteiger partial charge in [0.1, 0.15) is 0 Å². The van der Waals surface area contributed by atoms with Crippen molar-refractivity contribution >= 4 is 18.7 Å². The van der Waals surface area contributed by atoms with Crippen LogP contribution in [0, 0.1) is 0 Å². The average molecular weight is 340 g/mol. The minimum atomic E-state index is -0.804. The molecular weight excluding hydrogens is 315 g/mol. The molecule has 1 aliphatic carbocycles. The van der Waals surface area contributed by atoms with Gasteiger partial charge in [-0.2, -0.15) is 0 Å². The number of benzene rings is 1. The van der Waals surface area contributed by atoms with Gasteiger partial charge in [-0.1, -0.05) is 37.6 Å². The van der Waals surface area contributed by atoms with E-state index >= 15 is 0 Å². The van der Waals surface area contributed by atoms with Gasteiger partial charge in [-0.05, 0) is 40.5 Å². The second-order valence-electron chi connectivity index (χ2n) is 7.79. The fourth-order valence-corrected chi connectivity index (χ4v) is 3.26. The summed E-state index contributed by atoms with van der Waals surface area (Å²) in [5.74, 6) is -0.229. The molecule has 1 heterocycles. The van der Waals surface area contributed by atoms with E-state index in [0.29, 0.717) is 28.6 Å². The molecule has 0 saturated carbocycles. The maximum atomic E-state index is 13.2. The van der Waals surface area contributed by atoms with Crippen molar-refractivity contribution in [3.8, 4) is 0 Å². The summed E-state index contributed by atoms with van der Waals surface area (Å²) in [5, 5.41) is 0. The zero-order valence-corrected chi connectivity index (χ0v) is 15.6. The molecule has 1 aromatic rings. The Labute approximate surface area is 149 Å². The predicted molar refractivity (Wildman–Crippen MR) is 97.7 cm³/mol. The van der Waals surface area contributed by atoms with E-state index in [-0.39, 0.29) is 11.6 Å². The summed E-state index contributed by atoms with van der Waals surface area (Å²) in [6.45, 7) is 9.85. The lowest BCUT2D eigenvalue weighted by Crippen LogP contribution is -2.41. The van der Waals surface area contributed by atoms with Crippen molar-refractivity contribution in [1.29, 1.82) is 0 Å². The summed E-state index contributed by atoms with van der Waals surface area (Å²) in [4.78, 5) is 26.2. The molecule has 4 nitrogen and oxygen atoms in total. The molecule has 0 bridgehead atoms. The highest BCUT2D eigenvalue weighted by Crippen LogP contribution is 2.41. The van der Waals surface area contributed by atoms with E-state index in [9.17, 15) is 9.59 Å². The van der Waals surface area contributed by atoms with E-state index in [0.717, 1.165) is 12.8 Å². The maximum Gasteiger partial charge on any atom is 0.499 e. The molecule has 1 aromatic carbocycles. The molecule has 0 atom stereocenters. The molecule has 0 aromatic heterocycles. The first kappa shape index (κ1) is 18.1. The van der Waals surface area contributed by atoms with Crippen molar-refractivity contribution in [2.75, 3.05) is 0 Å². The Balaban J connectivity index is 2.10. The zero-order valence-electron chi connectivity index (χ0n) is 15.6. The van der Waals surface area contributed by atoms with Gasteiger partial charge in [-0.3, -0.25) is 9.59 Å². The average Bonchev–Trinajstić information content (AvgIpc) is 2.77. The van der Waals surface area contributed by atoms with E-state index in [2.05, 4.69) is 6.92 Å². The first-order valence-electron chi connectivity index (χ1n) is 8.96. The number of carbonyl (C=O) groups excluding carboxylic acids is 2. The lowest BCUT2D eigenvalue weighted by Gasteiger charge is -2.32. The van der Waals surface area contributed by atoms with Crippen LogP contribution in [0.1, 0.15) is 74.6 Å². The van der Waals surface area contributed by atoms with Gasteiger partial charge in [-0.15, -0.1) is 0 Å². The van der Waals surface area contributed by atoms with Crippen molar-refractivity contribution in [2.24, 2.45) is 0 Å². The number of ketones is 2. The third-order valence-corrected chi connectivity index (χ3v) is 5.53. The van der Waals surface area contributed by atoms with Crippen molar-refractivity contribution in [2.45, 2.75) is 65.1 Å². The van der Waals surface area contributed by atoms with Crippen LogP contribution in [0.5, 0.6) is 0 Å². The first-order chi connectivity index (χ1) is 11.7. The molecule has 25 heavy (non-hydrogen) atoms. The van der Waals surface area contributed by atoms with Crippen LogP contribution in [0.3, 0.4) is 0 Å². The normalized spacial score (nSPS) is 21.7.